The number of hydrogen-bond acceptors (Lipinski definition) is 3. The standard InChI is InChI=1S/C11H11ClN4O/c1-16-6-2-3-8(16)7-13-11(17)9-4-5-10(12)15-14-9/h2-6H,7H2,1H3,(H,13,17). The van der Waals surface area contributed by atoms with E-state index in [2.05, 4.69) is 15.5 Å². The van der Waals surface area contributed by atoms with Crippen molar-refractivity contribution in [1.82, 2.24) is 20.1 Å². The number of amides is 1. The summed E-state index contributed by atoms with van der Waals surface area (Å²) in [5, 5.41) is 10.3. The van der Waals surface area contributed by atoms with Crippen molar-refractivity contribution in [2.24, 2.45) is 7.05 Å². The number of aryl methyl sites for hydroxylation is 1. The van der Waals surface area contributed by atoms with Gasteiger partial charge in [-0.1, -0.05) is 11.6 Å². The lowest BCUT2D eigenvalue weighted by atomic mass is 10.3. The van der Waals surface area contributed by atoms with Gasteiger partial charge in [-0.25, -0.2) is 0 Å². The third-order valence-corrected chi connectivity index (χ3v) is 2.55. The molecule has 0 aliphatic rings. The van der Waals surface area contributed by atoms with Gasteiger partial charge in [0.25, 0.3) is 5.91 Å². The van der Waals surface area contributed by atoms with Crippen LogP contribution in [0.25, 0.3) is 0 Å². The van der Waals surface area contributed by atoms with Crippen LogP contribution >= 0.6 is 11.6 Å². The first-order chi connectivity index (χ1) is 8.16. The van der Waals surface area contributed by atoms with Gasteiger partial charge in [-0.15, -0.1) is 10.2 Å². The number of nitrogens with zero attached hydrogens (tertiary/aromatic N) is 3. The van der Waals surface area contributed by atoms with Gasteiger partial charge < -0.3 is 9.88 Å². The quantitative estimate of drug-likeness (QED) is 0.896. The lowest BCUT2D eigenvalue weighted by Crippen LogP contribution is -2.25. The molecular formula is C11H11ClN4O. The molecule has 2 heterocycles. The number of rotatable bonds is 3. The average Bonchev–Trinajstić information content (AvgIpc) is 2.73. The van der Waals surface area contributed by atoms with E-state index in [1.165, 1.54) is 12.1 Å². The van der Waals surface area contributed by atoms with Gasteiger partial charge in [0.15, 0.2) is 10.8 Å². The summed E-state index contributed by atoms with van der Waals surface area (Å²) in [5.74, 6) is -0.268. The van der Waals surface area contributed by atoms with E-state index in [0.717, 1.165) is 5.69 Å². The molecule has 2 aromatic rings. The predicted octanol–water partition coefficient (Wildman–Crippen LogP) is 1.40. The van der Waals surface area contributed by atoms with Crippen molar-refractivity contribution in [2.45, 2.75) is 6.54 Å². The maximum Gasteiger partial charge on any atom is 0.272 e. The van der Waals surface area contributed by atoms with Crippen molar-refractivity contribution in [3.8, 4) is 0 Å². The molecule has 0 fully saturated rings. The molecular weight excluding hydrogens is 240 g/mol. The zero-order chi connectivity index (χ0) is 12.3. The highest BCUT2D eigenvalue weighted by molar-refractivity contribution is 6.29. The number of nitrogens with one attached hydrogen (secondary N) is 1. The molecule has 0 unspecified atom stereocenters. The first kappa shape index (κ1) is 11.6. The third-order valence-electron chi connectivity index (χ3n) is 2.35. The summed E-state index contributed by atoms with van der Waals surface area (Å²) in [5.41, 5.74) is 1.27. The van der Waals surface area contributed by atoms with Crippen LogP contribution in [-0.4, -0.2) is 20.7 Å². The number of aromatic nitrogens is 3. The Kier molecular flexibility index (Phi) is 3.39. The number of carbonyl (C=O) groups is 1. The molecule has 88 valence electrons. The Labute approximate surface area is 103 Å². The first-order valence-corrected chi connectivity index (χ1v) is 5.42. The Morgan fingerprint density at radius 3 is 2.82 bits per heavy atom. The molecule has 1 amide bonds. The van der Waals surface area contributed by atoms with Crippen LogP contribution in [0.2, 0.25) is 5.15 Å². The average molecular weight is 251 g/mol. The van der Waals surface area contributed by atoms with E-state index < -0.39 is 0 Å². The summed E-state index contributed by atoms with van der Waals surface area (Å²) in [6.45, 7) is 0.451. The van der Waals surface area contributed by atoms with Gasteiger partial charge in [-0.3, -0.25) is 4.79 Å². The van der Waals surface area contributed by atoms with E-state index >= 15 is 0 Å². The minimum Gasteiger partial charge on any atom is -0.353 e. The van der Waals surface area contributed by atoms with E-state index in [9.17, 15) is 4.79 Å². The van der Waals surface area contributed by atoms with E-state index in [4.69, 9.17) is 11.6 Å². The van der Waals surface area contributed by atoms with Crippen molar-refractivity contribution < 1.29 is 4.79 Å². The topological polar surface area (TPSA) is 59.8 Å². The second kappa shape index (κ2) is 4.97. The molecule has 0 saturated heterocycles. The number of hydrogen-bond donors (Lipinski definition) is 1. The van der Waals surface area contributed by atoms with Crippen LogP contribution in [0.4, 0.5) is 0 Å². The largest absolute Gasteiger partial charge is 0.353 e. The molecule has 0 aromatic carbocycles. The number of carbonyl (C=O) groups excluding carboxylic acids is 1. The molecule has 0 bridgehead atoms. The van der Waals surface area contributed by atoms with Gasteiger partial charge in [0.05, 0.1) is 6.54 Å². The molecule has 0 aliphatic heterocycles. The second-order valence-corrected chi connectivity index (χ2v) is 3.92. The first-order valence-electron chi connectivity index (χ1n) is 5.04. The monoisotopic (exact) mass is 250 g/mol. The molecule has 0 spiro atoms. The fourth-order valence-corrected chi connectivity index (χ4v) is 1.48. The molecule has 5 nitrogen and oxygen atoms in total. The highest BCUT2D eigenvalue weighted by atomic mass is 35.5. The van der Waals surface area contributed by atoms with Crippen LogP contribution in [0.3, 0.4) is 0 Å². The van der Waals surface area contributed by atoms with Crippen molar-refractivity contribution in [1.29, 1.82) is 0 Å². The summed E-state index contributed by atoms with van der Waals surface area (Å²) in [4.78, 5) is 11.7. The molecule has 0 saturated carbocycles. The highest BCUT2D eigenvalue weighted by Crippen LogP contribution is 2.03. The van der Waals surface area contributed by atoms with E-state index in [-0.39, 0.29) is 16.8 Å². The molecule has 0 aliphatic carbocycles. The summed E-state index contributed by atoms with van der Waals surface area (Å²) in [6.07, 6.45) is 1.92. The minimum absolute atomic E-state index is 0.253. The Morgan fingerprint density at radius 1 is 1.41 bits per heavy atom. The van der Waals surface area contributed by atoms with Gasteiger partial charge in [0, 0.05) is 18.9 Å². The van der Waals surface area contributed by atoms with Gasteiger partial charge in [-0.2, -0.15) is 0 Å². The highest BCUT2D eigenvalue weighted by Gasteiger charge is 2.08. The van der Waals surface area contributed by atoms with Gasteiger partial charge >= 0.3 is 0 Å². The predicted molar refractivity (Wildman–Crippen MR) is 63.6 cm³/mol. The zero-order valence-corrected chi connectivity index (χ0v) is 9.98. The van der Waals surface area contributed by atoms with Crippen LogP contribution in [0.1, 0.15) is 16.2 Å². The second-order valence-electron chi connectivity index (χ2n) is 3.53. The maximum absolute atomic E-state index is 11.7. The fourth-order valence-electron chi connectivity index (χ4n) is 1.38. The van der Waals surface area contributed by atoms with Crippen molar-refractivity contribution in [3.05, 3.63) is 47.0 Å². The molecule has 6 heteroatoms. The maximum atomic E-state index is 11.7. The van der Waals surface area contributed by atoms with Crippen molar-refractivity contribution in [2.75, 3.05) is 0 Å². The summed E-state index contributed by atoms with van der Waals surface area (Å²) < 4.78 is 1.94. The normalized spacial score (nSPS) is 10.2. The Morgan fingerprint density at radius 2 is 2.24 bits per heavy atom. The van der Waals surface area contributed by atoms with Gasteiger partial charge in [0.2, 0.25) is 0 Å². The summed E-state index contributed by atoms with van der Waals surface area (Å²) >= 11 is 5.59. The molecule has 0 radical (unpaired) electrons. The Balaban J connectivity index is 1.98. The third kappa shape index (κ3) is 2.82. The van der Waals surface area contributed by atoms with Crippen LogP contribution in [0, 0.1) is 0 Å². The summed E-state index contributed by atoms with van der Waals surface area (Å²) in [7, 11) is 1.92. The Hall–Kier alpha value is -1.88. The van der Waals surface area contributed by atoms with E-state index in [1.54, 1.807) is 0 Å². The Bertz CT molecular complexity index is 521. The van der Waals surface area contributed by atoms with Crippen LogP contribution in [-0.2, 0) is 13.6 Å². The fraction of sp³-hybridized carbons (Fsp3) is 0.182. The molecule has 17 heavy (non-hydrogen) atoms. The van der Waals surface area contributed by atoms with E-state index in [0.29, 0.717) is 6.54 Å². The van der Waals surface area contributed by atoms with Crippen LogP contribution < -0.4 is 5.32 Å². The van der Waals surface area contributed by atoms with Crippen LogP contribution in [0.5, 0.6) is 0 Å². The van der Waals surface area contributed by atoms with E-state index in [1.807, 2.05) is 29.9 Å². The van der Waals surface area contributed by atoms with Crippen LogP contribution in [0.15, 0.2) is 30.5 Å². The van der Waals surface area contributed by atoms with Crippen molar-refractivity contribution in [3.63, 3.8) is 0 Å². The SMILES string of the molecule is Cn1cccc1CNC(=O)c1ccc(Cl)nn1. The van der Waals surface area contributed by atoms with Crippen molar-refractivity contribution >= 4 is 17.5 Å². The minimum atomic E-state index is -0.268. The molecule has 2 aromatic heterocycles. The lowest BCUT2D eigenvalue weighted by molar-refractivity contribution is 0.0944. The lowest BCUT2D eigenvalue weighted by Gasteiger charge is -2.05. The number of halogens is 1. The zero-order valence-electron chi connectivity index (χ0n) is 9.22. The smallest absolute Gasteiger partial charge is 0.272 e. The van der Waals surface area contributed by atoms with Gasteiger partial charge in [0.1, 0.15) is 0 Å². The van der Waals surface area contributed by atoms with Gasteiger partial charge in [-0.05, 0) is 24.3 Å². The molecule has 1 N–H and O–H groups in total. The molecule has 2 rings (SSSR count). The summed E-state index contributed by atoms with van der Waals surface area (Å²) in [6, 6.07) is 6.93. The molecule has 0 atom stereocenters.